The van der Waals surface area contributed by atoms with E-state index in [1.54, 1.807) is 12.3 Å². The second-order valence-electron chi connectivity index (χ2n) is 5.81. The van der Waals surface area contributed by atoms with Crippen LogP contribution in [0.25, 0.3) is 0 Å². The quantitative estimate of drug-likeness (QED) is 0.380. The molecule has 142 valence electrons. The zero-order chi connectivity index (χ0) is 19.1. The van der Waals surface area contributed by atoms with Crippen molar-refractivity contribution in [3.05, 3.63) is 39.3 Å². The molecule has 0 aromatic carbocycles. The van der Waals surface area contributed by atoms with E-state index < -0.39 is 0 Å². The first-order valence-corrected chi connectivity index (χ1v) is 9.24. The minimum Gasteiger partial charge on any atom is -0.367 e. The average Bonchev–Trinajstić information content (AvgIpc) is 2.83. The monoisotopic (exact) mass is 397 g/mol. The molecule has 26 heavy (non-hydrogen) atoms. The first kappa shape index (κ1) is 20.3. The molecule has 0 amide bonds. The third-order valence-corrected chi connectivity index (χ3v) is 4.41. The Labute approximate surface area is 164 Å². The molecule has 0 saturated heterocycles. The Balaban J connectivity index is 1.89. The Hall–Kier alpha value is -1.99. The number of hydrogen-bond donors (Lipinski definition) is 3. The summed E-state index contributed by atoms with van der Waals surface area (Å²) in [6.07, 6.45) is 1.56. The van der Waals surface area contributed by atoms with E-state index in [1.165, 1.54) is 0 Å². The number of anilines is 1. The minimum absolute atomic E-state index is 0.501. The second kappa shape index (κ2) is 9.64. The van der Waals surface area contributed by atoms with Gasteiger partial charge in [-0.2, -0.15) is 5.10 Å². The first-order valence-electron chi connectivity index (χ1n) is 8.48. The molecule has 2 rings (SSSR count). The summed E-state index contributed by atoms with van der Waals surface area (Å²) in [7, 11) is 1.95. The predicted octanol–water partition coefficient (Wildman–Crippen LogP) is 2.91. The lowest BCUT2D eigenvalue weighted by atomic mass is 10.2. The molecule has 2 aromatic rings. The third kappa shape index (κ3) is 5.51. The van der Waals surface area contributed by atoms with Gasteiger partial charge in [0.1, 0.15) is 5.82 Å². The number of pyridine rings is 1. The van der Waals surface area contributed by atoms with Crippen LogP contribution in [0.2, 0.25) is 10.0 Å². The van der Waals surface area contributed by atoms with E-state index in [0.29, 0.717) is 35.5 Å². The molecule has 0 spiro atoms. The van der Waals surface area contributed by atoms with Crippen LogP contribution < -0.4 is 16.0 Å². The van der Waals surface area contributed by atoms with Crippen LogP contribution in [0.5, 0.6) is 0 Å². The highest BCUT2D eigenvalue weighted by atomic mass is 35.5. The van der Waals surface area contributed by atoms with E-state index >= 15 is 0 Å². The maximum absolute atomic E-state index is 6.10. The molecule has 0 atom stereocenters. The molecule has 0 fully saturated rings. The lowest BCUT2D eigenvalue weighted by Gasteiger charge is -2.12. The maximum atomic E-state index is 6.10. The van der Waals surface area contributed by atoms with Gasteiger partial charge >= 0.3 is 0 Å². The summed E-state index contributed by atoms with van der Waals surface area (Å²) in [5.74, 6) is 1.37. The fraction of sp³-hybridized carbons (Fsp3) is 0.471. The normalized spacial score (nSPS) is 11.5. The highest BCUT2D eigenvalue weighted by Gasteiger charge is 2.09. The fourth-order valence-corrected chi connectivity index (χ4v) is 2.90. The van der Waals surface area contributed by atoms with Crippen molar-refractivity contribution in [3.8, 4) is 0 Å². The summed E-state index contributed by atoms with van der Waals surface area (Å²) >= 11 is 11.9. The van der Waals surface area contributed by atoms with Gasteiger partial charge in [0.25, 0.3) is 0 Å². The number of guanidine groups is 1. The lowest BCUT2D eigenvalue weighted by molar-refractivity contribution is 0.730. The van der Waals surface area contributed by atoms with Crippen molar-refractivity contribution in [1.82, 2.24) is 25.4 Å². The van der Waals surface area contributed by atoms with Crippen molar-refractivity contribution in [1.29, 1.82) is 0 Å². The lowest BCUT2D eigenvalue weighted by Crippen LogP contribution is -2.39. The molecular weight excluding hydrogens is 373 g/mol. The van der Waals surface area contributed by atoms with E-state index in [4.69, 9.17) is 23.2 Å². The van der Waals surface area contributed by atoms with Crippen LogP contribution in [0.4, 0.5) is 5.82 Å². The molecule has 0 aliphatic carbocycles. The number of halogens is 2. The molecule has 0 bridgehead atoms. The SMILES string of the molecule is CCNC(=NCc1c(C)nn(C)c1C)NCCNc1ncc(Cl)cc1Cl. The summed E-state index contributed by atoms with van der Waals surface area (Å²) in [6, 6.07) is 1.66. The largest absolute Gasteiger partial charge is 0.367 e. The van der Waals surface area contributed by atoms with Crippen molar-refractivity contribution in [3.63, 3.8) is 0 Å². The summed E-state index contributed by atoms with van der Waals surface area (Å²) in [5, 5.41) is 15.1. The Morgan fingerprint density at radius 1 is 1.23 bits per heavy atom. The third-order valence-electron chi connectivity index (χ3n) is 3.92. The zero-order valence-corrected chi connectivity index (χ0v) is 17.0. The van der Waals surface area contributed by atoms with Crippen LogP contribution in [0.15, 0.2) is 17.3 Å². The predicted molar refractivity (Wildman–Crippen MR) is 108 cm³/mol. The highest BCUT2D eigenvalue weighted by molar-refractivity contribution is 6.35. The number of aryl methyl sites for hydroxylation is 2. The minimum atomic E-state index is 0.501. The van der Waals surface area contributed by atoms with Crippen LogP contribution >= 0.6 is 23.2 Å². The van der Waals surface area contributed by atoms with Gasteiger partial charge in [-0.1, -0.05) is 23.2 Å². The fourth-order valence-electron chi connectivity index (χ4n) is 2.45. The molecule has 2 aromatic heterocycles. The standard InChI is InChI=1S/C17H25Cl2N7/c1-5-20-17(24-10-14-11(2)25-26(4)12(14)3)22-7-6-21-16-15(19)8-13(18)9-23-16/h8-9H,5-7,10H2,1-4H3,(H,21,23)(H2,20,22,24). The Morgan fingerprint density at radius 3 is 2.62 bits per heavy atom. The van der Waals surface area contributed by atoms with Gasteiger partial charge in [0, 0.05) is 44.1 Å². The van der Waals surface area contributed by atoms with Gasteiger partial charge < -0.3 is 16.0 Å². The second-order valence-corrected chi connectivity index (χ2v) is 6.65. The Morgan fingerprint density at radius 2 is 2.00 bits per heavy atom. The summed E-state index contributed by atoms with van der Waals surface area (Å²) in [6.45, 7) is 8.77. The van der Waals surface area contributed by atoms with E-state index in [0.717, 1.165) is 29.5 Å². The van der Waals surface area contributed by atoms with Crippen molar-refractivity contribution in [2.45, 2.75) is 27.3 Å². The summed E-state index contributed by atoms with van der Waals surface area (Å²) in [4.78, 5) is 8.82. The average molecular weight is 398 g/mol. The highest BCUT2D eigenvalue weighted by Crippen LogP contribution is 2.22. The molecule has 2 heterocycles. The number of aliphatic imine (C=N–C) groups is 1. The molecule has 0 saturated carbocycles. The number of nitrogens with zero attached hydrogens (tertiary/aromatic N) is 4. The van der Waals surface area contributed by atoms with E-state index in [9.17, 15) is 0 Å². The van der Waals surface area contributed by atoms with Gasteiger partial charge in [-0.3, -0.25) is 4.68 Å². The molecule has 3 N–H and O–H groups in total. The van der Waals surface area contributed by atoms with Crippen LogP contribution in [-0.4, -0.2) is 40.4 Å². The Kier molecular flexibility index (Phi) is 7.53. The Bertz CT molecular complexity index is 771. The number of aromatic nitrogens is 3. The van der Waals surface area contributed by atoms with Gasteiger partial charge in [-0.05, 0) is 26.8 Å². The maximum Gasteiger partial charge on any atom is 0.191 e. The van der Waals surface area contributed by atoms with Crippen LogP contribution in [0.3, 0.4) is 0 Å². The van der Waals surface area contributed by atoms with Gasteiger partial charge in [-0.25, -0.2) is 9.98 Å². The topological polar surface area (TPSA) is 79.2 Å². The zero-order valence-electron chi connectivity index (χ0n) is 15.5. The molecule has 0 aliphatic rings. The van der Waals surface area contributed by atoms with Gasteiger partial charge in [0.15, 0.2) is 5.96 Å². The molecule has 0 aliphatic heterocycles. The van der Waals surface area contributed by atoms with Crippen molar-refractivity contribution in [2.24, 2.45) is 12.0 Å². The molecule has 9 heteroatoms. The molecule has 0 unspecified atom stereocenters. The van der Waals surface area contributed by atoms with Crippen LogP contribution in [0.1, 0.15) is 23.9 Å². The summed E-state index contributed by atoms with van der Waals surface area (Å²) < 4.78 is 1.88. The van der Waals surface area contributed by atoms with Crippen LogP contribution in [0, 0.1) is 13.8 Å². The van der Waals surface area contributed by atoms with Crippen molar-refractivity contribution in [2.75, 3.05) is 25.0 Å². The number of nitrogens with one attached hydrogen (secondary N) is 3. The van der Waals surface area contributed by atoms with Gasteiger partial charge in [-0.15, -0.1) is 0 Å². The van der Waals surface area contributed by atoms with E-state index in [2.05, 4.69) is 37.9 Å². The van der Waals surface area contributed by atoms with E-state index in [1.807, 2.05) is 25.6 Å². The molecule has 0 radical (unpaired) electrons. The van der Waals surface area contributed by atoms with Crippen LogP contribution in [-0.2, 0) is 13.6 Å². The smallest absolute Gasteiger partial charge is 0.191 e. The summed E-state index contributed by atoms with van der Waals surface area (Å²) in [5.41, 5.74) is 3.29. The van der Waals surface area contributed by atoms with Gasteiger partial charge in [0.2, 0.25) is 0 Å². The van der Waals surface area contributed by atoms with Crippen molar-refractivity contribution < 1.29 is 0 Å². The number of rotatable bonds is 7. The molecule has 7 nitrogen and oxygen atoms in total. The number of hydrogen-bond acceptors (Lipinski definition) is 4. The van der Waals surface area contributed by atoms with Gasteiger partial charge in [0.05, 0.1) is 22.3 Å². The van der Waals surface area contributed by atoms with E-state index in [-0.39, 0.29) is 0 Å². The molecular formula is C17H25Cl2N7. The first-order chi connectivity index (χ1) is 12.4. The van der Waals surface area contributed by atoms with Crippen molar-refractivity contribution >= 4 is 35.0 Å².